The van der Waals surface area contributed by atoms with Gasteiger partial charge in [0.25, 0.3) is 15.0 Å². The van der Waals surface area contributed by atoms with E-state index in [9.17, 15) is 13.2 Å². The lowest BCUT2D eigenvalue weighted by atomic mass is 10.1. The second-order valence-electron chi connectivity index (χ2n) is 4.83. The molecule has 0 aliphatic rings. The number of benzene rings is 1. The Balaban J connectivity index is 2.86. The van der Waals surface area contributed by atoms with Crippen LogP contribution < -0.4 is 5.32 Å². The molecule has 7 heteroatoms. The quantitative estimate of drug-likeness (QED) is 0.560. The van der Waals surface area contributed by atoms with Crippen LogP contribution >= 0.6 is 26.6 Å². The number of nitrogens with one attached hydrogen (secondary N) is 1. The Morgan fingerprint density at radius 1 is 1.29 bits per heavy atom. The summed E-state index contributed by atoms with van der Waals surface area (Å²) in [5.74, 6) is -0.285. The Labute approximate surface area is 138 Å². The summed E-state index contributed by atoms with van der Waals surface area (Å²) in [6.07, 6.45) is 4.25. The third-order valence-corrected chi connectivity index (χ3v) is 5.32. The molecule has 0 saturated heterocycles. The molecule has 0 atom stereocenters. The predicted octanol–water partition coefficient (Wildman–Crippen LogP) is 4.00. The zero-order valence-electron chi connectivity index (χ0n) is 12.1. The van der Waals surface area contributed by atoms with Crippen LogP contribution in [0.4, 0.5) is 0 Å². The third kappa shape index (κ3) is 5.60. The average Bonchev–Trinajstić information content (AvgIpc) is 2.40. The standard InChI is InChI=1S/C14H19BrClNO3S/c1-3-4-5-6-7-17-14(18)12-8-11(21(16,19)20)9-13(15)10(12)2/h8-9H,3-7H2,1-2H3,(H,17,18). The van der Waals surface area contributed by atoms with Crippen molar-refractivity contribution in [2.45, 2.75) is 44.4 Å². The molecule has 0 spiro atoms. The van der Waals surface area contributed by atoms with Crippen molar-refractivity contribution in [3.05, 3.63) is 27.7 Å². The highest BCUT2D eigenvalue weighted by molar-refractivity contribution is 9.10. The zero-order chi connectivity index (χ0) is 16.0. The van der Waals surface area contributed by atoms with Gasteiger partial charge >= 0.3 is 0 Å². The summed E-state index contributed by atoms with van der Waals surface area (Å²) in [5, 5.41) is 2.81. The van der Waals surface area contributed by atoms with E-state index in [0.29, 0.717) is 22.1 Å². The molecule has 0 saturated carbocycles. The monoisotopic (exact) mass is 395 g/mol. The Morgan fingerprint density at radius 2 is 1.95 bits per heavy atom. The fourth-order valence-electron chi connectivity index (χ4n) is 1.88. The number of carbonyl (C=O) groups is 1. The van der Waals surface area contributed by atoms with E-state index in [2.05, 4.69) is 28.2 Å². The van der Waals surface area contributed by atoms with Gasteiger partial charge in [-0.3, -0.25) is 4.79 Å². The molecule has 1 aromatic carbocycles. The molecule has 1 amide bonds. The molecule has 1 rings (SSSR count). The van der Waals surface area contributed by atoms with Gasteiger partial charge in [-0.25, -0.2) is 8.42 Å². The van der Waals surface area contributed by atoms with Crippen molar-refractivity contribution in [1.82, 2.24) is 5.32 Å². The second kappa shape index (κ2) is 8.15. The first kappa shape index (κ1) is 18.5. The largest absolute Gasteiger partial charge is 0.352 e. The summed E-state index contributed by atoms with van der Waals surface area (Å²) in [6.45, 7) is 4.45. The van der Waals surface area contributed by atoms with Crippen molar-refractivity contribution in [2.24, 2.45) is 0 Å². The summed E-state index contributed by atoms with van der Waals surface area (Å²) in [7, 11) is 1.47. The van der Waals surface area contributed by atoms with E-state index in [1.54, 1.807) is 6.92 Å². The Hall–Kier alpha value is -0.590. The Kier molecular flexibility index (Phi) is 7.16. The highest BCUT2D eigenvalue weighted by Gasteiger charge is 2.18. The maximum absolute atomic E-state index is 12.2. The first-order chi connectivity index (χ1) is 9.77. The zero-order valence-corrected chi connectivity index (χ0v) is 15.2. The van der Waals surface area contributed by atoms with Crippen LogP contribution in [0.2, 0.25) is 0 Å². The minimum atomic E-state index is -3.87. The van der Waals surface area contributed by atoms with Crippen molar-refractivity contribution in [3.63, 3.8) is 0 Å². The van der Waals surface area contributed by atoms with Gasteiger partial charge in [0.1, 0.15) is 0 Å². The Morgan fingerprint density at radius 3 is 2.52 bits per heavy atom. The predicted molar refractivity (Wildman–Crippen MR) is 88.4 cm³/mol. The molecule has 0 fully saturated rings. The van der Waals surface area contributed by atoms with Gasteiger partial charge in [-0.05, 0) is 31.0 Å². The van der Waals surface area contributed by atoms with E-state index >= 15 is 0 Å². The minimum absolute atomic E-state index is 0.0854. The van der Waals surface area contributed by atoms with E-state index in [1.165, 1.54) is 12.1 Å². The van der Waals surface area contributed by atoms with Gasteiger partial charge in [0.05, 0.1) is 4.90 Å². The molecule has 0 unspecified atom stereocenters. The number of rotatable bonds is 7. The molecule has 0 aliphatic heterocycles. The molecule has 0 heterocycles. The topological polar surface area (TPSA) is 63.2 Å². The molecule has 0 aliphatic carbocycles. The highest BCUT2D eigenvalue weighted by atomic mass is 79.9. The van der Waals surface area contributed by atoms with Crippen molar-refractivity contribution in [3.8, 4) is 0 Å². The molecule has 0 radical (unpaired) electrons. The number of carbonyl (C=O) groups excluding carboxylic acids is 1. The maximum atomic E-state index is 12.2. The average molecular weight is 397 g/mol. The summed E-state index contributed by atoms with van der Waals surface area (Å²) in [6, 6.07) is 2.71. The van der Waals surface area contributed by atoms with E-state index in [-0.39, 0.29) is 10.8 Å². The summed E-state index contributed by atoms with van der Waals surface area (Å²) < 4.78 is 23.4. The van der Waals surface area contributed by atoms with Crippen molar-refractivity contribution >= 4 is 41.6 Å². The van der Waals surface area contributed by atoms with E-state index in [1.807, 2.05) is 0 Å². The van der Waals surface area contributed by atoms with E-state index in [0.717, 1.165) is 25.7 Å². The van der Waals surface area contributed by atoms with Crippen LogP contribution in [0, 0.1) is 6.92 Å². The van der Waals surface area contributed by atoms with Crippen LogP contribution in [0.15, 0.2) is 21.5 Å². The molecule has 21 heavy (non-hydrogen) atoms. The van der Waals surface area contributed by atoms with Crippen molar-refractivity contribution in [1.29, 1.82) is 0 Å². The number of hydrogen-bond acceptors (Lipinski definition) is 3. The van der Waals surface area contributed by atoms with Gasteiger partial charge in [-0.2, -0.15) is 0 Å². The van der Waals surface area contributed by atoms with Gasteiger partial charge in [0.2, 0.25) is 0 Å². The fourth-order valence-corrected chi connectivity index (χ4v) is 3.28. The van der Waals surface area contributed by atoms with Crippen molar-refractivity contribution < 1.29 is 13.2 Å². The van der Waals surface area contributed by atoms with Crippen molar-refractivity contribution in [2.75, 3.05) is 6.54 Å². The maximum Gasteiger partial charge on any atom is 0.261 e. The molecule has 1 aromatic rings. The number of halogens is 2. The van der Waals surface area contributed by atoms with Gasteiger partial charge in [-0.1, -0.05) is 42.1 Å². The highest BCUT2D eigenvalue weighted by Crippen LogP contribution is 2.26. The molecule has 1 N–H and O–H groups in total. The van der Waals surface area contributed by atoms with Crippen LogP contribution in [0.5, 0.6) is 0 Å². The van der Waals surface area contributed by atoms with Crippen LogP contribution in [-0.2, 0) is 9.05 Å². The molecular weight excluding hydrogens is 378 g/mol. The molecule has 0 bridgehead atoms. The second-order valence-corrected chi connectivity index (χ2v) is 8.25. The first-order valence-electron chi connectivity index (χ1n) is 6.80. The van der Waals surface area contributed by atoms with Crippen LogP contribution in [0.1, 0.15) is 48.5 Å². The lowest BCUT2D eigenvalue weighted by molar-refractivity contribution is 0.0952. The first-order valence-corrected chi connectivity index (χ1v) is 9.90. The van der Waals surface area contributed by atoms with Gasteiger partial charge < -0.3 is 5.32 Å². The van der Waals surface area contributed by atoms with Crippen LogP contribution in [0.25, 0.3) is 0 Å². The van der Waals surface area contributed by atoms with Crippen LogP contribution in [0.3, 0.4) is 0 Å². The van der Waals surface area contributed by atoms with E-state index < -0.39 is 9.05 Å². The summed E-state index contributed by atoms with van der Waals surface area (Å²) >= 11 is 3.26. The normalized spacial score (nSPS) is 11.4. The third-order valence-electron chi connectivity index (χ3n) is 3.16. The van der Waals surface area contributed by atoms with Crippen LogP contribution in [-0.4, -0.2) is 20.9 Å². The Bertz CT molecular complexity index is 617. The molecule has 118 valence electrons. The molecular formula is C14H19BrClNO3S. The van der Waals surface area contributed by atoms with Gasteiger partial charge in [0, 0.05) is 27.3 Å². The summed E-state index contributed by atoms with van der Waals surface area (Å²) in [4.78, 5) is 12.1. The van der Waals surface area contributed by atoms with E-state index in [4.69, 9.17) is 10.7 Å². The molecule has 0 aromatic heterocycles. The lowest BCUT2D eigenvalue weighted by Gasteiger charge is -2.10. The van der Waals surface area contributed by atoms with Gasteiger partial charge in [0.15, 0.2) is 0 Å². The fraction of sp³-hybridized carbons (Fsp3) is 0.500. The minimum Gasteiger partial charge on any atom is -0.352 e. The summed E-state index contributed by atoms with van der Waals surface area (Å²) in [5.41, 5.74) is 1.00. The SMILES string of the molecule is CCCCCCNC(=O)c1cc(S(=O)(=O)Cl)cc(Br)c1C. The number of hydrogen-bond donors (Lipinski definition) is 1. The lowest BCUT2D eigenvalue weighted by Crippen LogP contribution is -2.25. The molecule has 4 nitrogen and oxygen atoms in total. The number of unbranched alkanes of at least 4 members (excludes halogenated alkanes) is 3. The van der Waals surface area contributed by atoms with Gasteiger partial charge in [-0.15, -0.1) is 0 Å². The number of amides is 1. The smallest absolute Gasteiger partial charge is 0.261 e.